The van der Waals surface area contributed by atoms with Crippen LogP contribution in [-0.4, -0.2) is 35.8 Å². The number of nitrogens with zero attached hydrogens (tertiary/aromatic N) is 2. The Balaban J connectivity index is 1.96. The van der Waals surface area contributed by atoms with Crippen LogP contribution in [0.25, 0.3) is 21.9 Å². The van der Waals surface area contributed by atoms with E-state index in [9.17, 15) is 4.79 Å². The van der Waals surface area contributed by atoms with Crippen molar-refractivity contribution in [3.05, 3.63) is 70.6 Å². The zero-order valence-electron chi connectivity index (χ0n) is 14.4. The van der Waals surface area contributed by atoms with E-state index < -0.39 is 0 Å². The highest BCUT2D eigenvalue weighted by Gasteiger charge is 2.19. The van der Waals surface area contributed by atoms with Crippen LogP contribution in [0.4, 0.5) is 0 Å². The second-order valence-corrected chi connectivity index (χ2v) is 6.49. The summed E-state index contributed by atoms with van der Waals surface area (Å²) >= 11 is 0. The number of hydrogen-bond acceptors (Lipinski definition) is 3. The molecule has 25 heavy (non-hydrogen) atoms. The minimum absolute atomic E-state index is 0.0681. The topological polar surface area (TPSA) is 34.5 Å². The fraction of sp³-hybridized carbons (Fsp3) is 0.286. The van der Waals surface area contributed by atoms with Crippen LogP contribution in [0.1, 0.15) is 5.69 Å². The van der Waals surface area contributed by atoms with Crippen LogP contribution in [0.15, 0.2) is 59.4 Å². The zero-order valence-corrected chi connectivity index (χ0v) is 14.4. The summed E-state index contributed by atoms with van der Waals surface area (Å²) in [5.74, 6) is 0. The Kier molecular flexibility index (Phi) is 4.38. The van der Waals surface area contributed by atoms with Gasteiger partial charge in [0.2, 0.25) is 0 Å². The Hall–Kier alpha value is -2.43. The van der Waals surface area contributed by atoms with Crippen molar-refractivity contribution >= 4 is 10.8 Å². The molecule has 0 amide bonds. The predicted octanol–water partition coefficient (Wildman–Crippen LogP) is 3.04. The number of fused-ring (bicyclic) bond motifs is 1. The molecule has 3 aromatic rings. The molecule has 0 radical (unpaired) electrons. The first kappa shape index (κ1) is 16.1. The number of benzene rings is 2. The Morgan fingerprint density at radius 1 is 0.920 bits per heavy atom. The summed E-state index contributed by atoms with van der Waals surface area (Å²) in [6.45, 7) is 4.05. The molecule has 0 N–H and O–H groups in total. The summed E-state index contributed by atoms with van der Waals surface area (Å²) in [7, 11) is 1.89. The largest absolute Gasteiger partial charge is 0.379 e. The lowest BCUT2D eigenvalue weighted by molar-refractivity contribution is 0.0333. The highest BCUT2D eigenvalue weighted by Crippen LogP contribution is 2.31. The quantitative estimate of drug-likeness (QED) is 0.738. The molecule has 0 bridgehead atoms. The van der Waals surface area contributed by atoms with Crippen molar-refractivity contribution in [3.63, 3.8) is 0 Å². The molecule has 4 rings (SSSR count). The van der Waals surface area contributed by atoms with Crippen molar-refractivity contribution < 1.29 is 4.74 Å². The van der Waals surface area contributed by atoms with Gasteiger partial charge in [0.1, 0.15) is 0 Å². The van der Waals surface area contributed by atoms with E-state index in [1.165, 1.54) is 0 Å². The Labute approximate surface area is 147 Å². The molecule has 0 atom stereocenters. The smallest absolute Gasteiger partial charge is 0.258 e. The lowest BCUT2D eigenvalue weighted by Gasteiger charge is -2.28. The first-order valence-electron chi connectivity index (χ1n) is 8.72. The number of aromatic nitrogens is 1. The predicted molar refractivity (Wildman–Crippen MR) is 101 cm³/mol. The molecule has 0 spiro atoms. The van der Waals surface area contributed by atoms with E-state index in [1.807, 2.05) is 48.0 Å². The molecule has 4 nitrogen and oxygen atoms in total. The molecular weight excluding hydrogens is 312 g/mol. The monoisotopic (exact) mass is 334 g/mol. The average Bonchev–Trinajstić information content (AvgIpc) is 2.68. The van der Waals surface area contributed by atoms with E-state index in [0.717, 1.165) is 60.4 Å². The van der Waals surface area contributed by atoms with E-state index in [-0.39, 0.29) is 5.56 Å². The van der Waals surface area contributed by atoms with Crippen molar-refractivity contribution in [1.29, 1.82) is 0 Å². The third kappa shape index (κ3) is 2.99. The van der Waals surface area contributed by atoms with Gasteiger partial charge in [0.15, 0.2) is 0 Å². The van der Waals surface area contributed by atoms with Gasteiger partial charge < -0.3 is 9.30 Å². The normalized spacial score (nSPS) is 15.6. The molecule has 0 aliphatic carbocycles. The molecule has 1 aromatic heterocycles. The number of morpholine rings is 1. The molecule has 128 valence electrons. The lowest BCUT2D eigenvalue weighted by atomic mass is 9.96. The molecule has 0 unspecified atom stereocenters. The zero-order chi connectivity index (χ0) is 17.2. The first-order chi connectivity index (χ1) is 12.3. The number of ether oxygens (including phenoxy) is 1. The molecule has 1 fully saturated rings. The van der Waals surface area contributed by atoms with Crippen molar-refractivity contribution in [2.45, 2.75) is 6.54 Å². The van der Waals surface area contributed by atoms with Crippen LogP contribution < -0.4 is 5.56 Å². The van der Waals surface area contributed by atoms with Crippen molar-refractivity contribution in [2.24, 2.45) is 7.05 Å². The number of hydrogen-bond donors (Lipinski definition) is 0. The van der Waals surface area contributed by atoms with Gasteiger partial charge in [-0.05, 0) is 17.0 Å². The number of rotatable bonds is 3. The van der Waals surface area contributed by atoms with Crippen LogP contribution in [0.5, 0.6) is 0 Å². The van der Waals surface area contributed by atoms with Crippen LogP contribution in [0.3, 0.4) is 0 Å². The maximum absolute atomic E-state index is 12.9. The second-order valence-electron chi connectivity index (χ2n) is 6.49. The van der Waals surface area contributed by atoms with Gasteiger partial charge in [-0.1, -0.05) is 48.5 Å². The maximum atomic E-state index is 12.9. The summed E-state index contributed by atoms with van der Waals surface area (Å²) < 4.78 is 7.29. The summed E-state index contributed by atoms with van der Waals surface area (Å²) in [5.41, 5.74) is 3.44. The minimum atomic E-state index is 0.0681. The Bertz CT molecular complexity index is 941. The lowest BCUT2D eigenvalue weighted by Crippen LogP contribution is -2.37. The summed E-state index contributed by atoms with van der Waals surface area (Å²) in [4.78, 5) is 15.3. The summed E-state index contributed by atoms with van der Waals surface area (Å²) in [6, 6.07) is 18.3. The van der Waals surface area contributed by atoms with Gasteiger partial charge in [-0.25, -0.2) is 0 Å². The third-order valence-corrected chi connectivity index (χ3v) is 4.96. The first-order valence-corrected chi connectivity index (χ1v) is 8.72. The van der Waals surface area contributed by atoms with E-state index in [0.29, 0.717) is 0 Å². The second kappa shape index (κ2) is 6.82. The molecule has 2 heterocycles. The average molecular weight is 334 g/mol. The van der Waals surface area contributed by atoms with Crippen LogP contribution in [-0.2, 0) is 18.3 Å². The standard InChI is InChI=1S/C21H22N2O2/c1-22-19(15-23-11-13-25-14-12-23)20(16-7-3-2-4-8-16)17-9-5-6-10-18(17)21(22)24/h2-10H,11-15H2,1H3. The SMILES string of the molecule is Cn1c(CN2CCOCC2)c(-c2ccccc2)c2ccccc2c1=O. The Morgan fingerprint density at radius 2 is 1.56 bits per heavy atom. The van der Waals surface area contributed by atoms with Gasteiger partial charge in [0, 0.05) is 43.3 Å². The Morgan fingerprint density at radius 3 is 2.28 bits per heavy atom. The van der Waals surface area contributed by atoms with Gasteiger partial charge in [-0.3, -0.25) is 9.69 Å². The van der Waals surface area contributed by atoms with Crippen LogP contribution in [0.2, 0.25) is 0 Å². The van der Waals surface area contributed by atoms with E-state index >= 15 is 0 Å². The maximum Gasteiger partial charge on any atom is 0.258 e. The van der Waals surface area contributed by atoms with E-state index in [4.69, 9.17) is 4.74 Å². The highest BCUT2D eigenvalue weighted by atomic mass is 16.5. The molecule has 4 heteroatoms. The van der Waals surface area contributed by atoms with E-state index in [2.05, 4.69) is 23.1 Å². The number of pyridine rings is 1. The third-order valence-electron chi connectivity index (χ3n) is 4.96. The van der Waals surface area contributed by atoms with Gasteiger partial charge in [0.05, 0.1) is 13.2 Å². The molecule has 1 saturated heterocycles. The van der Waals surface area contributed by atoms with E-state index in [1.54, 1.807) is 0 Å². The molecular formula is C21H22N2O2. The van der Waals surface area contributed by atoms with Gasteiger partial charge in [0.25, 0.3) is 5.56 Å². The van der Waals surface area contributed by atoms with Crippen molar-refractivity contribution in [3.8, 4) is 11.1 Å². The molecule has 1 aliphatic rings. The van der Waals surface area contributed by atoms with Crippen molar-refractivity contribution in [2.75, 3.05) is 26.3 Å². The van der Waals surface area contributed by atoms with Crippen LogP contribution >= 0.6 is 0 Å². The molecule has 0 saturated carbocycles. The van der Waals surface area contributed by atoms with Gasteiger partial charge in [-0.15, -0.1) is 0 Å². The fourth-order valence-corrected chi connectivity index (χ4v) is 3.60. The van der Waals surface area contributed by atoms with Crippen molar-refractivity contribution in [1.82, 2.24) is 9.47 Å². The summed E-state index contributed by atoms with van der Waals surface area (Å²) in [6.07, 6.45) is 0. The molecule has 1 aliphatic heterocycles. The minimum Gasteiger partial charge on any atom is -0.379 e. The van der Waals surface area contributed by atoms with Gasteiger partial charge >= 0.3 is 0 Å². The van der Waals surface area contributed by atoms with Crippen LogP contribution in [0, 0.1) is 0 Å². The highest BCUT2D eigenvalue weighted by molar-refractivity contribution is 5.97. The summed E-state index contributed by atoms with van der Waals surface area (Å²) in [5, 5.41) is 1.80. The fourth-order valence-electron chi connectivity index (χ4n) is 3.60. The molecule has 2 aromatic carbocycles. The van der Waals surface area contributed by atoms with Gasteiger partial charge in [-0.2, -0.15) is 0 Å².